The molecule has 6 aromatic rings. The summed E-state index contributed by atoms with van der Waals surface area (Å²) in [5, 5.41) is 23.5. The number of rotatable bonds is 12. The molecule has 2 amide bonds. The standard InChI is InChI=1S/C23H28N4O4S2.C17H22BrN3O4S2.C6H8BNO2/c1-14(2)31-22(28)26-17-10-11-18(20(12-17)33(29,30)27-23(3,4)5)21-25-13-19(32-21)15-6-8-16(24)9-7-15;1-10(2)25-16(22)20-11-6-7-12(15-19-9-14(18)26-15)13(8-11)27(23,24)21-17(3,4)5;8-6-3-1-5(2-4-6)7(9)10/h6-14,27H,24H2,1-5H3,(H,26,28);6-10,21H,1-5H3,(H,20,22);1-4,9-10H,8H2. The van der Waals surface area contributed by atoms with Crippen LogP contribution in [-0.4, -0.2) is 79.4 Å². The van der Waals surface area contributed by atoms with Crippen LogP contribution in [0.4, 0.5) is 32.3 Å². The fourth-order valence-electron chi connectivity index (χ4n) is 5.86. The molecule has 2 heterocycles. The number of anilines is 4. The van der Waals surface area contributed by atoms with Gasteiger partial charge in [-0.2, -0.15) is 0 Å². The Morgan fingerprint density at radius 3 is 1.41 bits per heavy atom. The number of carbonyl (C=O) groups excluding carboxylic acids is 2. The van der Waals surface area contributed by atoms with Gasteiger partial charge in [-0.1, -0.05) is 24.3 Å². The number of aromatic nitrogens is 2. The summed E-state index contributed by atoms with van der Waals surface area (Å²) in [4.78, 5) is 33.5. The van der Waals surface area contributed by atoms with Crippen LogP contribution >= 0.6 is 38.6 Å². The number of benzene rings is 4. The van der Waals surface area contributed by atoms with Crippen LogP contribution in [0.1, 0.15) is 69.2 Å². The van der Waals surface area contributed by atoms with Gasteiger partial charge in [0.05, 0.1) is 36.9 Å². The molecule has 10 N–H and O–H groups in total. The second-order valence-electron chi connectivity index (χ2n) is 18.0. The molecule has 0 spiro atoms. The molecule has 0 aliphatic heterocycles. The lowest BCUT2D eigenvalue weighted by Gasteiger charge is -2.22. The van der Waals surface area contributed by atoms with E-state index in [1.54, 1.807) is 142 Å². The van der Waals surface area contributed by atoms with Gasteiger partial charge in [0.15, 0.2) is 0 Å². The minimum Gasteiger partial charge on any atom is -0.447 e. The van der Waals surface area contributed by atoms with Gasteiger partial charge >= 0.3 is 19.3 Å². The Kier molecular flexibility index (Phi) is 19.7. The molecule has 0 saturated heterocycles. The molecule has 0 aliphatic carbocycles. The summed E-state index contributed by atoms with van der Waals surface area (Å²) >= 11 is 6.02. The largest absolute Gasteiger partial charge is 0.488 e. The van der Waals surface area contributed by atoms with E-state index in [0.717, 1.165) is 14.2 Å². The summed E-state index contributed by atoms with van der Waals surface area (Å²) in [7, 11) is -9.19. The van der Waals surface area contributed by atoms with E-state index in [2.05, 4.69) is 46.0 Å². The Labute approximate surface area is 426 Å². The highest BCUT2D eigenvalue weighted by Gasteiger charge is 2.29. The highest BCUT2D eigenvalue weighted by Crippen LogP contribution is 2.38. The minimum atomic E-state index is -3.93. The van der Waals surface area contributed by atoms with Gasteiger partial charge in [0, 0.05) is 51.2 Å². The molecule has 376 valence electrons. The lowest BCUT2D eigenvalue weighted by atomic mass is 9.80. The Morgan fingerprint density at radius 1 is 0.643 bits per heavy atom. The molecule has 18 nitrogen and oxygen atoms in total. The van der Waals surface area contributed by atoms with Crippen molar-refractivity contribution in [1.29, 1.82) is 0 Å². The number of sulfonamides is 2. The first-order valence-corrected chi connectivity index (χ1v) is 26.8. The van der Waals surface area contributed by atoms with Crippen LogP contribution in [0.15, 0.2) is 111 Å². The zero-order chi connectivity index (χ0) is 52.4. The molecule has 6 rings (SSSR count). The van der Waals surface area contributed by atoms with E-state index in [9.17, 15) is 26.4 Å². The third-order valence-electron chi connectivity index (χ3n) is 8.48. The molecule has 0 bridgehead atoms. The molecular weight excluding hydrogens is 1040 g/mol. The number of amides is 2. The first kappa shape index (κ1) is 57.1. The van der Waals surface area contributed by atoms with Crippen molar-refractivity contribution in [3.8, 4) is 31.6 Å². The average Bonchev–Trinajstić information content (AvgIpc) is 3.89. The van der Waals surface area contributed by atoms with Crippen molar-refractivity contribution >= 4 is 106 Å². The second kappa shape index (κ2) is 24.1. The SMILES string of the molecule is CC(C)OC(=O)Nc1ccc(-c2ncc(-c3ccc(N)cc3)s2)c(S(=O)(=O)NC(C)(C)C)c1.CC(C)OC(=O)Nc1ccc(-c2ncc(Br)s2)c(S(=O)(=O)NC(C)(C)C)c1.Nc1ccc(B(O)O)cc1. The Morgan fingerprint density at radius 2 is 1.04 bits per heavy atom. The van der Waals surface area contributed by atoms with E-state index in [1.165, 1.54) is 34.8 Å². The summed E-state index contributed by atoms with van der Waals surface area (Å²) in [5.41, 5.74) is 13.9. The monoisotopic (exact) mass is 1100 g/mol. The van der Waals surface area contributed by atoms with Crippen LogP contribution in [0.2, 0.25) is 0 Å². The molecule has 0 radical (unpaired) electrons. The summed E-state index contributed by atoms with van der Waals surface area (Å²) in [6.45, 7) is 17.5. The van der Waals surface area contributed by atoms with E-state index in [-0.39, 0.29) is 22.0 Å². The fraction of sp³-hybridized carbons (Fsp3) is 0.304. The Hall–Kier alpha value is -5.44. The highest BCUT2D eigenvalue weighted by atomic mass is 79.9. The van der Waals surface area contributed by atoms with Crippen LogP contribution in [-0.2, 0) is 29.5 Å². The van der Waals surface area contributed by atoms with Gasteiger partial charge in [-0.15, -0.1) is 22.7 Å². The van der Waals surface area contributed by atoms with Gasteiger partial charge in [-0.3, -0.25) is 10.6 Å². The number of hydrogen-bond donors (Lipinski definition) is 8. The quantitative estimate of drug-likeness (QED) is 0.0421. The lowest BCUT2D eigenvalue weighted by Crippen LogP contribution is -2.40. The van der Waals surface area contributed by atoms with Crippen molar-refractivity contribution in [1.82, 2.24) is 19.4 Å². The fourth-order valence-corrected chi connectivity index (χ4v) is 11.5. The molecule has 0 fully saturated rings. The number of halogens is 1. The van der Waals surface area contributed by atoms with Crippen LogP contribution in [0.5, 0.6) is 0 Å². The van der Waals surface area contributed by atoms with E-state index >= 15 is 0 Å². The molecule has 2 aromatic heterocycles. The van der Waals surface area contributed by atoms with Crippen molar-refractivity contribution < 1.29 is 45.9 Å². The maximum absolute atomic E-state index is 13.3. The number of carbonyl (C=O) groups is 2. The van der Waals surface area contributed by atoms with Crippen molar-refractivity contribution in [3.63, 3.8) is 0 Å². The van der Waals surface area contributed by atoms with Gasteiger partial charge < -0.3 is 31.0 Å². The molecular formula is C46H58BBrN8O10S4. The molecule has 0 aliphatic rings. The summed E-state index contributed by atoms with van der Waals surface area (Å²) in [5.74, 6) is 0. The van der Waals surface area contributed by atoms with E-state index < -0.39 is 50.4 Å². The molecule has 0 saturated carbocycles. The summed E-state index contributed by atoms with van der Waals surface area (Å²) in [6, 6.07) is 23.1. The maximum Gasteiger partial charge on any atom is 0.488 e. The number of thiazole rings is 2. The normalized spacial score (nSPS) is 11.8. The Balaban J connectivity index is 0.000000258. The molecule has 4 aromatic carbocycles. The van der Waals surface area contributed by atoms with E-state index in [4.69, 9.17) is 31.0 Å². The van der Waals surface area contributed by atoms with Crippen LogP contribution in [0.3, 0.4) is 0 Å². The van der Waals surface area contributed by atoms with Gasteiger partial charge in [-0.25, -0.2) is 45.8 Å². The molecule has 0 unspecified atom stereocenters. The van der Waals surface area contributed by atoms with Gasteiger partial charge in [-0.05, 0) is 157 Å². The predicted octanol–water partition coefficient (Wildman–Crippen LogP) is 8.65. The topological polar surface area (TPSA) is 287 Å². The number of nitrogens with two attached hydrogens (primary N) is 2. The van der Waals surface area contributed by atoms with E-state index in [0.29, 0.717) is 49.4 Å². The number of hydrogen-bond acceptors (Lipinski definition) is 16. The molecule has 0 atom stereocenters. The van der Waals surface area contributed by atoms with Crippen LogP contribution in [0.25, 0.3) is 31.6 Å². The number of nitrogens with one attached hydrogen (secondary N) is 4. The predicted molar refractivity (Wildman–Crippen MR) is 284 cm³/mol. The van der Waals surface area contributed by atoms with E-state index in [1.807, 2.05) is 12.1 Å². The van der Waals surface area contributed by atoms with Crippen LogP contribution < -0.4 is 37.0 Å². The lowest BCUT2D eigenvalue weighted by molar-refractivity contribution is 0.129. The summed E-state index contributed by atoms with van der Waals surface area (Å²) in [6.07, 6.45) is 1.40. The van der Waals surface area contributed by atoms with Gasteiger partial charge in [0.2, 0.25) is 20.0 Å². The smallest absolute Gasteiger partial charge is 0.447 e. The summed E-state index contributed by atoms with van der Waals surface area (Å²) < 4.78 is 68.7. The minimum absolute atomic E-state index is 0.0120. The Bertz CT molecular complexity index is 2960. The van der Waals surface area contributed by atoms with Crippen molar-refractivity contribution in [2.45, 2.75) is 102 Å². The first-order valence-electron chi connectivity index (χ1n) is 21.4. The maximum atomic E-state index is 13.3. The van der Waals surface area contributed by atoms with Crippen molar-refractivity contribution in [2.24, 2.45) is 0 Å². The second-order valence-corrected chi connectivity index (χ2v) is 24.7. The van der Waals surface area contributed by atoms with Gasteiger partial charge in [0.25, 0.3) is 0 Å². The van der Waals surface area contributed by atoms with Gasteiger partial charge in [0.1, 0.15) is 10.0 Å². The zero-order valence-corrected chi connectivity index (χ0v) is 45.0. The first-order chi connectivity index (χ1) is 32.4. The number of nitrogens with zero attached hydrogens (tertiary/aromatic N) is 2. The van der Waals surface area contributed by atoms with Crippen molar-refractivity contribution in [2.75, 3.05) is 22.1 Å². The molecule has 24 heteroatoms. The zero-order valence-electron chi connectivity index (χ0n) is 40.2. The third kappa shape index (κ3) is 18.1. The third-order valence-corrected chi connectivity index (χ3v) is 14.7. The number of ether oxygens (including phenoxy) is 2. The molecule has 70 heavy (non-hydrogen) atoms. The highest BCUT2D eigenvalue weighted by molar-refractivity contribution is 9.11. The van der Waals surface area contributed by atoms with Crippen molar-refractivity contribution in [3.05, 3.63) is 101 Å². The number of nitrogen functional groups attached to an aromatic ring is 2. The average molecular weight is 1100 g/mol. The van der Waals surface area contributed by atoms with Crippen LogP contribution in [0, 0.1) is 0 Å².